The average molecular weight is 306 g/mol. The smallest absolute Gasteiger partial charge is 0.251 e. The number of carbonyl (C=O) groups excluding carboxylic acids is 1. The van der Waals surface area contributed by atoms with Crippen LogP contribution in [0.25, 0.3) is 0 Å². The summed E-state index contributed by atoms with van der Waals surface area (Å²) >= 11 is 0. The van der Waals surface area contributed by atoms with Crippen LogP contribution in [-0.4, -0.2) is 57.3 Å². The Hall–Kier alpha value is -1.59. The number of likely N-dealkylation sites (tertiary alicyclic amines) is 1. The first-order valence-electron chi connectivity index (χ1n) is 7.95. The molecule has 0 aromatic heterocycles. The van der Waals surface area contributed by atoms with E-state index in [4.69, 9.17) is 9.47 Å². The topological polar surface area (TPSA) is 50.8 Å². The van der Waals surface area contributed by atoms with Crippen molar-refractivity contribution >= 4 is 5.91 Å². The summed E-state index contributed by atoms with van der Waals surface area (Å²) in [5.41, 5.74) is 0.678. The molecular formula is C17H26N2O3. The Kier molecular flexibility index (Phi) is 6.68. The van der Waals surface area contributed by atoms with Crippen molar-refractivity contribution in [3.63, 3.8) is 0 Å². The van der Waals surface area contributed by atoms with Gasteiger partial charge in [0.1, 0.15) is 5.75 Å². The van der Waals surface area contributed by atoms with E-state index in [2.05, 4.69) is 10.2 Å². The third-order valence-corrected chi connectivity index (χ3v) is 3.96. The van der Waals surface area contributed by atoms with Gasteiger partial charge in [-0.25, -0.2) is 0 Å². The summed E-state index contributed by atoms with van der Waals surface area (Å²) in [4.78, 5) is 14.5. The van der Waals surface area contributed by atoms with Gasteiger partial charge < -0.3 is 19.7 Å². The Balaban J connectivity index is 1.73. The van der Waals surface area contributed by atoms with Crippen LogP contribution < -0.4 is 10.1 Å². The molecule has 1 saturated heterocycles. The highest BCUT2D eigenvalue weighted by Gasteiger charge is 2.22. The second kappa shape index (κ2) is 8.76. The molecule has 1 aromatic rings. The molecule has 1 amide bonds. The second-order valence-corrected chi connectivity index (χ2v) is 5.62. The number of ether oxygens (including phenoxy) is 2. The molecular weight excluding hydrogens is 280 g/mol. The number of nitrogens with zero attached hydrogens (tertiary/aromatic N) is 1. The van der Waals surface area contributed by atoms with Crippen molar-refractivity contribution in [2.45, 2.75) is 13.3 Å². The van der Waals surface area contributed by atoms with Crippen molar-refractivity contribution in [1.82, 2.24) is 10.2 Å². The second-order valence-electron chi connectivity index (χ2n) is 5.62. The number of amides is 1. The molecule has 0 saturated carbocycles. The number of carbonyl (C=O) groups is 1. The van der Waals surface area contributed by atoms with Crippen molar-refractivity contribution in [1.29, 1.82) is 0 Å². The number of benzene rings is 1. The van der Waals surface area contributed by atoms with Gasteiger partial charge in [0.15, 0.2) is 0 Å². The standard InChI is InChI=1S/C17H26N2O3/c1-3-22-16-6-4-15(5-7-16)17(20)18-12-14-8-9-19(13-14)10-11-21-2/h4-7,14H,3,8-13H2,1-2H3,(H,18,20)/t14-/m0/s1. The molecule has 1 fully saturated rings. The maximum absolute atomic E-state index is 12.1. The fourth-order valence-electron chi connectivity index (χ4n) is 2.71. The van der Waals surface area contributed by atoms with Gasteiger partial charge in [0.05, 0.1) is 13.2 Å². The van der Waals surface area contributed by atoms with Crippen molar-refractivity contribution in [2.75, 3.05) is 46.5 Å². The number of rotatable bonds is 8. The van der Waals surface area contributed by atoms with Crippen LogP contribution in [0.1, 0.15) is 23.7 Å². The molecule has 0 radical (unpaired) electrons. The van der Waals surface area contributed by atoms with E-state index in [0.29, 0.717) is 18.1 Å². The summed E-state index contributed by atoms with van der Waals surface area (Å²) in [6.45, 7) is 7.17. The SMILES string of the molecule is CCOc1ccc(C(=O)NC[C@@H]2CCN(CCOC)C2)cc1. The molecule has 1 aliphatic heterocycles. The summed E-state index contributed by atoms with van der Waals surface area (Å²) in [5.74, 6) is 1.31. The van der Waals surface area contributed by atoms with E-state index < -0.39 is 0 Å². The molecule has 5 nitrogen and oxygen atoms in total. The minimum atomic E-state index is -0.0154. The van der Waals surface area contributed by atoms with Crippen LogP contribution in [0.15, 0.2) is 24.3 Å². The van der Waals surface area contributed by atoms with E-state index in [1.165, 1.54) is 0 Å². The quantitative estimate of drug-likeness (QED) is 0.795. The van der Waals surface area contributed by atoms with E-state index in [0.717, 1.165) is 45.0 Å². The van der Waals surface area contributed by atoms with Crippen molar-refractivity contribution in [2.24, 2.45) is 5.92 Å². The molecule has 0 bridgehead atoms. The molecule has 1 heterocycles. The first kappa shape index (κ1) is 16.8. The van der Waals surface area contributed by atoms with Crippen LogP contribution >= 0.6 is 0 Å². The largest absolute Gasteiger partial charge is 0.494 e. The van der Waals surface area contributed by atoms with Gasteiger partial charge in [-0.2, -0.15) is 0 Å². The van der Waals surface area contributed by atoms with Crippen LogP contribution in [0.3, 0.4) is 0 Å². The predicted octanol–water partition coefficient (Wildman–Crippen LogP) is 1.78. The van der Waals surface area contributed by atoms with Gasteiger partial charge in [-0.1, -0.05) is 0 Å². The highest BCUT2D eigenvalue weighted by molar-refractivity contribution is 5.94. The van der Waals surface area contributed by atoms with Crippen molar-refractivity contribution < 1.29 is 14.3 Å². The molecule has 1 atom stereocenters. The van der Waals surface area contributed by atoms with E-state index in [-0.39, 0.29) is 5.91 Å². The summed E-state index contributed by atoms with van der Waals surface area (Å²) in [6.07, 6.45) is 1.13. The fourth-order valence-corrected chi connectivity index (χ4v) is 2.71. The Morgan fingerprint density at radius 1 is 1.36 bits per heavy atom. The molecule has 22 heavy (non-hydrogen) atoms. The zero-order chi connectivity index (χ0) is 15.8. The minimum absolute atomic E-state index is 0.0154. The van der Waals surface area contributed by atoms with Crippen LogP contribution in [0, 0.1) is 5.92 Å². The maximum atomic E-state index is 12.1. The normalized spacial score (nSPS) is 18.4. The van der Waals surface area contributed by atoms with Crippen molar-refractivity contribution in [3.05, 3.63) is 29.8 Å². The van der Waals surface area contributed by atoms with E-state index in [1.54, 1.807) is 19.2 Å². The summed E-state index contributed by atoms with van der Waals surface area (Å²) in [5, 5.41) is 3.03. The van der Waals surface area contributed by atoms with Gasteiger partial charge in [0, 0.05) is 32.3 Å². The maximum Gasteiger partial charge on any atom is 0.251 e. The third-order valence-electron chi connectivity index (χ3n) is 3.96. The van der Waals surface area contributed by atoms with Crippen LogP contribution in [-0.2, 0) is 4.74 Å². The highest BCUT2D eigenvalue weighted by atomic mass is 16.5. The zero-order valence-corrected chi connectivity index (χ0v) is 13.5. The van der Waals surface area contributed by atoms with E-state index in [1.807, 2.05) is 19.1 Å². The predicted molar refractivity (Wildman–Crippen MR) is 86.4 cm³/mol. The molecule has 1 N–H and O–H groups in total. The molecule has 122 valence electrons. The molecule has 0 unspecified atom stereocenters. The number of methoxy groups -OCH3 is 1. The molecule has 0 spiro atoms. The van der Waals surface area contributed by atoms with Crippen LogP contribution in [0.2, 0.25) is 0 Å². The van der Waals surface area contributed by atoms with Gasteiger partial charge in [-0.3, -0.25) is 4.79 Å². The number of nitrogens with one attached hydrogen (secondary N) is 1. The lowest BCUT2D eigenvalue weighted by Gasteiger charge is -2.15. The van der Waals surface area contributed by atoms with Gasteiger partial charge in [-0.05, 0) is 50.1 Å². The van der Waals surface area contributed by atoms with E-state index in [9.17, 15) is 4.79 Å². The third kappa shape index (κ3) is 5.00. The summed E-state index contributed by atoms with van der Waals surface area (Å²) in [6, 6.07) is 7.28. The van der Waals surface area contributed by atoms with Gasteiger partial charge in [0.25, 0.3) is 5.91 Å². The average Bonchev–Trinajstić information content (AvgIpc) is 2.99. The Labute approximate surface area is 132 Å². The summed E-state index contributed by atoms with van der Waals surface area (Å²) < 4.78 is 10.5. The lowest BCUT2D eigenvalue weighted by Crippen LogP contribution is -2.31. The Bertz CT molecular complexity index is 461. The van der Waals surface area contributed by atoms with Gasteiger partial charge in [0.2, 0.25) is 0 Å². The number of hydrogen-bond donors (Lipinski definition) is 1. The molecule has 5 heteroatoms. The minimum Gasteiger partial charge on any atom is -0.494 e. The van der Waals surface area contributed by atoms with Crippen LogP contribution in [0.4, 0.5) is 0 Å². The Morgan fingerprint density at radius 3 is 2.82 bits per heavy atom. The molecule has 2 rings (SSSR count). The van der Waals surface area contributed by atoms with Gasteiger partial charge >= 0.3 is 0 Å². The first-order valence-corrected chi connectivity index (χ1v) is 7.95. The molecule has 1 aliphatic rings. The van der Waals surface area contributed by atoms with Gasteiger partial charge in [-0.15, -0.1) is 0 Å². The number of hydrogen-bond acceptors (Lipinski definition) is 4. The lowest BCUT2D eigenvalue weighted by molar-refractivity contribution is 0.0946. The fraction of sp³-hybridized carbons (Fsp3) is 0.588. The summed E-state index contributed by atoms with van der Waals surface area (Å²) in [7, 11) is 1.73. The monoisotopic (exact) mass is 306 g/mol. The molecule has 0 aliphatic carbocycles. The lowest BCUT2D eigenvalue weighted by atomic mass is 10.1. The van der Waals surface area contributed by atoms with Crippen molar-refractivity contribution in [3.8, 4) is 5.75 Å². The van der Waals surface area contributed by atoms with Crippen LogP contribution in [0.5, 0.6) is 5.75 Å². The molecule has 1 aromatic carbocycles. The first-order chi connectivity index (χ1) is 10.7. The highest BCUT2D eigenvalue weighted by Crippen LogP contribution is 2.15. The zero-order valence-electron chi connectivity index (χ0n) is 13.5. The Morgan fingerprint density at radius 2 is 2.14 bits per heavy atom. The van der Waals surface area contributed by atoms with E-state index >= 15 is 0 Å².